The fourth-order valence-corrected chi connectivity index (χ4v) is 6.00. The third-order valence-corrected chi connectivity index (χ3v) is 8.34. The Bertz CT molecular complexity index is 498. The predicted molar refractivity (Wildman–Crippen MR) is 116 cm³/mol. The first kappa shape index (κ1) is 22.0. The lowest BCUT2D eigenvalue weighted by molar-refractivity contribution is 0.0834. The Kier molecular flexibility index (Phi) is 7.08. The van der Waals surface area contributed by atoms with E-state index in [-0.39, 0.29) is 5.54 Å². The molecule has 0 aromatic heterocycles. The highest BCUT2D eigenvalue weighted by molar-refractivity contribution is 5.28. The van der Waals surface area contributed by atoms with Gasteiger partial charge in [-0.2, -0.15) is 0 Å². The Morgan fingerprint density at radius 3 is 2.31 bits per heavy atom. The van der Waals surface area contributed by atoms with Crippen LogP contribution >= 0.6 is 0 Å². The van der Waals surface area contributed by atoms with Crippen LogP contribution in [-0.2, 0) is 0 Å². The lowest BCUT2D eigenvalue weighted by Gasteiger charge is -2.50. The Morgan fingerprint density at radius 1 is 1.00 bits per heavy atom. The zero-order valence-electron chi connectivity index (χ0n) is 19.0. The third kappa shape index (κ3) is 4.75. The molecule has 3 atom stereocenters. The lowest BCUT2D eigenvalue weighted by atomic mass is 9.57. The number of rotatable bonds is 4. The highest BCUT2D eigenvalue weighted by Crippen LogP contribution is 2.51. The maximum Gasteiger partial charge on any atom is 0.0397 e. The van der Waals surface area contributed by atoms with Gasteiger partial charge >= 0.3 is 0 Å². The average molecular weight is 362 g/mol. The van der Waals surface area contributed by atoms with Crippen molar-refractivity contribution in [2.24, 2.45) is 28.4 Å². The number of hydrogen-bond acceptors (Lipinski definition) is 1. The van der Waals surface area contributed by atoms with Crippen LogP contribution < -0.4 is 5.73 Å². The number of unbranched alkanes of at least 4 members (excludes halogenated alkanes) is 1. The van der Waals surface area contributed by atoms with Gasteiger partial charge < -0.3 is 5.73 Å². The van der Waals surface area contributed by atoms with Crippen molar-refractivity contribution in [3.8, 4) is 0 Å². The van der Waals surface area contributed by atoms with Crippen molar-refractivity contribution in [2.45, 2.75) is 125 Å². The van der Waals surface area contributed by atoms with Crippen LogP contribution in [0, 0.1) is 22.7 Å². The predicted octanol–water partition coefficient (Wildman–Crippen LogP) is 7.64. The molecule has 2 rings (SSSR count). The van der Waals surface area contributed by atoms with Crippen LogP contribution in [-0.4, -0.2) is 5.54 Å². The molecule has 1 nitrogen and oxygen atoms in total. The first-order chi connectivity index (χ1) is 12.1. The maximum atomic E-state index is 7.28. The van der Waals surface area contributed by atoms with Gasteiger partial charge in [0, 0.05) is 5.54 Å². The van der Waals surface area contributed by atoms with Gasteiger partial charge in [0.1, 0.15) is 0 Å². The van der Waals surface area contributed by atoms with Crippen molar-refractivity contribution in [1.82, 2.24) is 0 Å². The quantitative estimate of drug-likeness (QED) is 0.511. The summed E-state index contributed by atoms with van der Waals surface area (Å²) < 4.78 is 0. The molecule has 0 heterocycles. The van der Waals surface area contributed by atoms with E-state index in [1.54, 1.807) is 11.1 Å². The summed E-state index contributed by atoms with van der Waals surface area (Å²) in [6.45, 7) is 17.1. The van der Waals surface area contributed by atoms with Gasteiger partial charge in [-0.05, 0) is 87.4 Å². The second kappa shape index (κ2) is 8.38. The van der Waals surface area contributed by atoms with Crippen LogP contribution in [0.1, 0.15) is 119 Å². The minimum atomic E-state index is -0.0433. The zero-order valence-corrected chi connectivity index (χ0v) is 19.0. The molecule has 0 aromatic carbocycles. The minimum Gasteiger partial charge on any atom is -0.321 e. The molecule has 1 saturated carbocycles. The van der Waals surface area contributed by atoms with Gasteiger partial charge in [0.25, 0.3) is 0 Å². The second-order valence-corrected chi connectivity index (χ2v) is 11.1. The highest BCUT2D eigenvalue weighted by Gasteiger charge is 2.45. The van der Waals surface area contributed by atoms with Crippen LogP contribution in [0.5, 0.6) is 0 Å². The zero-order chi connectivity index (χ0) is 19.6. The van der Waals surface area contributed by atoms with E-state index in [2.05, 4.69) is 48.5 Å². The van der Waals surface area contributed by atoms with E-state index in [9.17, 15) is 0 Å². The fourth-order valence-electron chi connectivity index (χ4n) is 6.00. The SMILES string of the molecule is CCCC/C1=C(/C)C2(N)CCC(C)(C)C[C@H]2CCC(CC)C(C)(C)CC1. The molecule has 26 heavy (non-hydrogen) atoms. The van der Waals surface area contributed by atoms with Crippen molar-refractivity contribution in [3.63, 3.8) is 0 Å². The first-order valence-electron chi connectivity index (χ1n) is 11.5. The molecule has 0 bridgehead atoms. The second-order valence-electron chi connectivity index (χ2n) is 11.1. The van der Waals surface area contributed by atoms with Crippen LogP contribution in [0.4, 0.5) is 0 Å². The van der Waals surface area contributed by atoms with Crippen LogP contribution in [0.25, 0.3) is 0 Å². The molecular formula is C25H47N. The van der Waals surface area contributed by atoms with Crippen molar-refractivity contribution in [1.29, 1.82) is 0 Å². The van der Waals surface area contributed by atoms with E-state index >= 15 is 0 Å². The van der Waals surface area contributed by atoms with Gasteiger partial charge in [-0.1, -0.05) is 65.5 Å². The van der Waals surface area contributed by atoms with E-state index in [4.69, 9.17) is 5.73 Å². The number of allylic oxidation sites excluding steroid dienone is 1. The Labute approximate surface area is 164 Å². The molecule has 0 aromatic rings. The molecule has 152 valence electrons. The van der Waals surface area contributed by atoms with E-state index < -0.39 is 0 Å². The fraction of sp³-hybridized carbons (Fsp3) is 0.920. The number of nitrogens with two attached hydrogens (primary N) is 1. The van der Waals surface area contributed by atoms with Gasteiger partial charge in [0.15, 0.2) is 0 Å². The smallest absolute Gasteiger partial charge is 0.0397 e. The summed E-state index contributed by atoms with van der Waals surface area (Å²) in [4.78, 5) is 0. The molecule has 1 fully saturated rings. The topological polar surface area (TPSA) is 26.0 Å². The van der Waals surface area contributed by atoms with E-state index in [0.717, 1.165) is 5.92 Å². The minimum absolute atomic E-state index is 0.0433. The first-order valence-corrected chi connectivity index (χ1v) is 11.5. The number of hydrogen-bond donors (Lipinski definition) is 1. The van der Waals surface area contributed by atoms with Crippen LogP contribution in [0.15, 0.2) is 11.1 Å². The van der Waals surface area contributed by atoms with Crippen LogP contribution in [0.2, 0.25) is 0 Å². The standard InChI is InChI=1S/C25H47N/c1-8-10-11-20-14-15-24(6,7)21(9-2)12-13-22-18-23(4,5)16-17-25(22,26)19(20)3/h21-22H,8-18,26H2,1-7H3/b20-19+/t21?,22-,25?/m1/s1. The summed E-state index contributed by atoms with van der Waals surface area (Å²) in [6, 6.07) is 0. The monoisotopic (exact) mass is 361 g/mol. The molecular weight excluding hydrogens is 314 g/mol. The number of fused-ring (bicyclic) bond motifs is 1. The molecule has 0 aliphatic heterocycles. The summed E-state index contributed by atoms with van der Waals surface area (Å²) in [6.07, 6.45) is 14.2. The summed E-state index contributed by atoms with van der Waals surface area (Å²) in [7, 11) is 0. The van der Waals surface area contributed by atoms with Gasteiger partial charge in [0.2, 0.25) is 0 Å². The van der Waals surface area contributed by atoms with Crippen molar-refractivity contribution in [3.05, 3.63) is 11.1 Å². The molecule has 2 aliphatic carbocycles. The van der Waals surface area contributed by atoms with Crippen molar-refractivity contribution < 1.29 is 0 Å². The largest absolute Gasteiger partial charge is 0.321 e. The molecule has 0 spiro atoms. The van der Waals surface area contributed by atoms with Gasteiger partial charge in [-0.15, -0.1) is 0 Å². The van der Waals surface area contributed by atoms with Gasteiger partial charge in [0.05, 0.1) is 0 Å². The molecule has 2 unspecified atom stereocenters. The molecule has 0 saturated heterocycles. The normalized spacial score (nSPS) is 37.8. The Hall–Kier alpha value is -0.300. The van der Waals surface area contributed by atoms with Gasteiger partial charge in [-0.3, -0.25) is 0 Å². The van der Waals surface area contributed by atoms with E-state index in [0.29, 0.717) is 16.7 Å². The molecule has 0 amide bonds. The summed E-state index contributed by atoms with van der Waals surface area (Å²) >= 11 is 0. The molecule has 2 aliphatic rings. The average Bonchev–Trinajstić information content (AvgIpc) is 2.57. The lowest BCUT2D eigenvalue weighted by Crippen LogP contribution is -2.54. The van der Waals surface area contributed by atoms with Crippen LogP contribution in [0.3, 0.4) is 0 Å². The Balaban J connectivity index is 2.43. The maximum absolute atomic E-state index is 7.28. The van der Waals surface area contributed by atoms with Gasteiger partial charge in [-0.25, -0.2) is 0 Å². The summed E-state index contributed by atoms with van der Waals surface area (Å²) in [5, 5.41) is 0. The molecule has 0 radical (unpaired) electrons. The van der Waals surface area contributed by atoms with Crippen molar-refractivity contribution in [2.75, 3.05) is 0 Å². The van der Waals surface area contributed by atoms with Crippen molar-refractivity contribution >= 4 is 0 Å². The Morgan fingerprint density at radius 2 is 1.69 bits per heavy atom. The van der Waals surface area contributed by atoms with E-state index in [1.165, 1.54) is 70.6 Å². The highest BCUT2D eigenvalue weighted by atomic mass is 14.8. The van der Waals surface area contributed by atoms with E-state index in [1.807, 2.05) is 0 Å². The third-order valence-electron chi connectivity index (χ3n) is 8.34. The molecule has 2 N–H and O–H groups in total. The summed E-state index contributed by atoms with van der Waals surface area (Å²) in [5.41, 5.74) is 11.4. The molecule has 1 heteroatoms. The summed E-state index contributed by atoms with van der Waals surface area (Å²) in [5.74, 6) is 1.49.